The molecule has 282 valence electrons. The van der Waals surface area contributed by atoms with Crippen molar-refractivity contribution in [1.29, 1.82) is 0 Å². The molecule has 0 fully saturated rings. The van der Waals surface area contributed by atoms with Crippen LogP contribution in [0.4, 0.5) is 17.1 Å². The summed E-state index contributed by atoms with van der Waals surface area (Å²) in [5, 5.41) is 2.53. The summed E-state index contributed by atoms with van der Waals surface area (Å²) in [7, 11) is 0. The number of hydrogen-bond donors (Lipinski definition) is 0. The molecular weight excluding hydrogens is 701 g/mol. The fraction of sp³-hybridized carbons (Fsp3) is 0.143. The second-order valence-electron chi connectivity index (χ2n) is 17.3. The van der Waals surface area contributed by atoms with Crippen LogP contribution >= 0.6 is 0 Å². The van der Waals surface area contributed by atoms with Crippen LogP contribution in [-0.4, -0.2) is 4.57 Å². The molecule has 1 aliphatic carbocycles. The Morgan fingerprint density at radius 2 is 0.931 bits per heavy atom. The Bertz CT molecular complexity index is 2920. The van der Waals surface area contributed by atoms with Gasteiger partial charge in [-0.25, -0.2) is 0 Å². The molecule has 10 rings (SSSR count). The van der Waals surface area contributed by atoms with Crippen LogP contribution in [0, 0.1) is 0 Å². The Morgan fingerprint density at radius 3 is 1.64 bits per heavy atom. The zero-order valence-corrected chi connectivity index (χ0v) is 33.8. The van der Waals surface area contributed by atoms with Crippen LogP contribution in [0.15, 0.2) is 194 Å². The number of rotatable bonds is 7. The van der Waals surface area contributed by atoms with Gasteiger partial charge in [-0.05, 0) is 123 Å². The molecule has 8 aromatic carbocycles. The average molecular weight is 749 g/mol. The van der Waals surface area contributed by atoms with Crippen LogP contribution in [0.1, 0.15) is 51.7 Å². The molecule has 0 unspecified atom stereocenters. The van der Waals surface area contributed by atoms with Crippen molar-refractivity contribution in [3.05, 3.63) is 205 Å². The van der Waals surface area contributed by atoms with E-state index < -0.39 is 0 Å². The molecule has 0 radical (unpaired) electrons. The molecule has 0 atom stereocenters. The summed E-state index contributed by atoms with van der Waals surface area (Å²) in [5.74, 6) is 0. The maximum atomic E-state index is 2.50. The maximum Gasteiger partial charge on any atom is 0.0547 e. The molecule has 0 N–H and O–H groups in total. The van der Waals surface area contributed by atoms with Gasteiger partial charge in [0.25, 0.3) is 0 Å². The number of anilines is 3. The van der Waals surface area contributed by atoms with Crippen LogP contribution in [0.25, 0.3) is 60.9 Å². The van der Waals surface area contributed by atoms with Crippen molar-refractivity contribution in [3.63, 3.8) is 0 Å². The zero-order chi connectivity index (χ0) is 39.4. The normalized spacial score (nSPS) is 14.3. The first-order valence-corrected chi connectivity index (χ1v) is 20.6. The third-order valence-electron chi connectivity index (χ3n) is 12.7. The Hall–Kier alpha value is -6.64. The van der Waals surface area contributed by atoms with Crippen molar-refractivity contribution in [2.24, 2.45) is 0 Å². The lowest BCUT2D eigenvalue weighted by molar-refractivity contribution is 0.332. The summed E-state index contributed by atoms with van der Waals surface area (Å²) < 4.78 is 2.50. The molecule has 1 heterocycles. The van der Waals surface area contributed by atoms with Crippen molar-refractivity contribution in [2.75, 3.05) is 4.90 Å². The minimum atomic E-state index is 0.109. The monoisotopic (exact) mass is 748 g/mol. The molecule has 0 amide bonds. The maximum absolute atomic E-state index is 2.50. The van der Waals surface area contributed by atoms with E-state index in [-0.39, 0.29) is 10.8 Å². The largest absolute Gasteiger partial charge is 0.310 e. The first-order valence-electron chi connectivity index (χ1n) is 20.6. The van der Waals surface area contributed by atoms with Crippen molar-refractivity contribution in [3.8, 4) is 39.1 Å². The Labute approximate surface area is 342 Å². The van der Waals surface area contributed by atoms with Gasteiger partial charge in [0.1, 0.15) is 0 Å². The fourth-order valence-corrected chi connectivity index (χ4v) is 9.34. The highest BCUT2D eigenvalue weighted by Crippen LogP contribution is 2.48. The molecular formula is C56H48N2. The summed E-state index contributed by atoms with van der Waals surface area (Å²) in [6.45, 7) is 9.66. The number of benzene rings is 8. The summed E-state index contributed by atoms with van der Waals surface area (Å²) in [4.78, 5) is 2.41. The van der Waals surface area contributed by atoms with Crippen LogP contribution in [-0.2, 0) is 10.8 Å². The van der Waals surface area contributed by atoms with Crippen molar-refractivity contribution in [2.45, 2.75) is 51.4 Å². The Balaban J connectivity index is 1.20. The molecule has 0 aliphatic heterocycles. The van der Waals surface area contributed by atoms with Crippen LogP contribution in [0.3, 0.4) is 0 Å². The molecule has 0 bridgehead atoms. The first kappa shape index (κ1) is 35.8. The van der Waals surface area contributed by atoms with E-state index in [0.29, 0.717) is 0 Å². The fourth-order valence-electron chi connectivity index (χ4n) is 9.34. The topological polar surface area (TPSA) is 8.17 Å². The number of nitrogens with zero attached hydrogens (tertiary/aromatic N) is 2. The van der Waals surface area contributed by atoms with Gasteiger partial charge in [0.2, 0.25) is 0 Å². The first-order chi connectivity index (χ1) is 28.2. The summed E-state index contributed by atoms with van der Waals surface area (Å²) in [5.41, 5.74) is 17.3. The van der Waals surface area contributed by atoms with E-state index in [1.807, 2.05) is 0 Å². The van der Waals surface area contributed by atoms with Crippen LogP contribution in [0.5, 0.6) is 0 Å². The van der Waals surface area contributed by atoms with Gasteiger partial charge in [-0.15, -0.1) is 0 Å². The molecule has 1 aromatic heterocycles. The van der Waals surface area contributed by atoms with Crippen molar-refractivity contribution in [1.82, 2.24) is 4.57 Å². The van der Waals surface area contributed by atoms with Gasteiger partial charge < -0.3 is 9.47 Å². The van der Waals surface area contributed by atoms with Gasteiger partial charge in [-0.2, -0.15) is 0 Å². The minimum Gasteiger partial charge on any atom is -0.310 e. The standard InChI is InChI=1S/C56H48N2/c1-55(2)34-35-56(3,4)51-38-46(30-32-50(51)55)58-52-23-15-14-22-47(52)48-31-26-43(37-54(48)58)49-36-42(40-18-10-6-11-19-40)27-33-53(49)57(44-20-12-7-13-21-44)45-28-24-41(25-29-45)39-16-8-5-9-17-39/h5-33,36-38H,34-35H2,1-4H3. The second kappa shape index (κ2) is 14.1. The minimum absolute atomic E-state index is 0.109. The highest BCUT2D eigenvalue weighted by molar-refractivity contribution is 6.10. The van der Waals surface area contributed by atoms with Crippen LogP contribution < -0.4 is 4.90 Å². The Kier molecular flexibility index (Phi) is 8.68. The second-order valence-corrected chi connectivity index (χ2v) is 17.3. The van der Waals surface area contributed by atoms with Gasteiger partial charge >= 0.3 is 0 Å². The quantitative estimate of drug-likeness (QED) is 0.158. The molecule has 0 saturated carbocycles. The lowest BCUT2D eigenvalue weighted by Crippen LogP contribution is -2.33. The van der Waals surface area contributed by atoms with Crippen molar-refractivity contribution >= 4 is 38.9 Å². The molecule has 0 spiro atoms. The third kappa shape index (κ3) is 6.21. The summed E-state index contributed by atoms with van der Waals surface area (Å²) in [6, 6.07) is 71.3. The number of para-hydroxylation sites is 2. The van der Waals surface area contributed by atoms with Gasteiger partial charge in [-0.1, -0.05) is 161 Å². The lowest BCUT2D eigenvalue weighted by Gasteiger charge is -2.42. The van der Waals surface area contributed by atoms with E-state index in [0.717, 1.165) is 17.1 Å². The van der Waals surface area contributed by atoms with E-state index in [4.69, 9.17) is 0 Å². The average Bonchev–Trinajstić information content (AvgIpc) is 3.60. The van der Waals surface area contributed by atoms with Gasteiger partial charge in [0.15, 0.2) is 0 Å². The molecule has 58 heavy (non-hydrogen) atoms. The molecule has 2 heteroatoms. The lowest BCUT2D eigenvalue weighted by atomic mass is 9.63. The number of hydrogen-bond acceptors (Lipinski definition) is 1. The molecule has 2 nitrogen and oxygen atoms in total. The molecule has 9 aromatic rings. The number of fused-ring (bicyclic) bond motifs is 4. The SMILES string of the molecule is CC1(C)CCC(C)(C)c2cc(-n3c4ccccc4c4ccc(-c5cc(-c6ccccc6)ccc5N(c5ccccc5)c5ccc(-c6ccccc6)cc5)cc43)ccc21. The van der Waals surface area contributed by atoms with Gasteiger partial charge in [0.05, 0.1) is 16.7 Å². The Morgan fingerprint density at radius 1 is 0.397 bits per heavy atom. The van der Waals surface area contributed by atoms with E-state index in [2.05, 4.69) is 231 Å². The number of aromatic nitrogens is 1. The van der Waals surface area contributed by atoms with E-state index in [9.17, 15) is 0 Å². The van der Waals surface area contributed by atoms with Gasteiger partial charge in [0, 0.05) is 33.4 Å². The summed E-state index contributed by atoms with van der Waals surface area (Å²) in [6.07, 6.45) is 2.38. The highest BCUT2D eigenvalue weighted by Gasteiger charge is 2.37. The molecule has 0 saturated heterocycles. The summed E-state index contributed by atoms with van der Waals surface area (Å²) >= 11 is 0. The van der Waals surface area contributed by atoms with E-state index in [1.165, 1.54) is 84.8 Å². The highest BCUT2D eigenvalue weighted by atomic mass is 15.1. The third-order valence-corrected chi connectivity index (χ3v) is 12.7. The zero-order valence-electron chi connectivity index (χ0n) is 33.8. The van der Waals surface area contributed by atoms with Crippen LogP contribution in [0.2, 0.25) is 0 Å². The smallest absolute Gasteiger partial charge is 0.0547 e. The van der Waals surface area contributed by atoms with E-state index >= 15 is 0 Å². The predicted molar refractivity (Wildman–Crippen MR) is 247 cm³/mol. The van der Waals surface area contributed by atoms with Gasteiger partial charge in [-0.3, -0.25) is 0 Å². The predicted octanol–water partition coefficient (Wildman–Crippen LogP) is 15.6. The molecule has 1 aliphatic rings. The van der Waals surface area contributed by atoms with E-state index in [1.54, 1.807) is 0 Å². The van der Waals surface area contributed by atoms with Crippen molar-refractivity contribution < 1.29 is 0 Å².